The monoisotopic (exact) mass is 943 g/mol. The van der Waals surface area contributed by atoms with E-state index in [-0.39, 0.29) is 11.5 Å². The summed E-state index contributed by atoms with van der Waals surface area (Å²) in [5, 5.41) is 15.1. The van der Waals surface area contributed by atoms with Crippen LogP contribution in [0.3, 0.4) is 0 Å². The molecule has 6 heterocycles. The molecule has 4 N–H and O–H groups in total. The Hall–Kier alpha value is -7.13. The molecule has 0 spiro atoms. The minimum atomic E-state index is -1.00. The number of carbonyl (C=O) groups is 2. The standard InChI is InChI=1S/C25H24ClN5O.C16H11ClN2O2.C9H15N3.CH3F/c1-16-19(5-7-24(30-16)31(2)3)14-29-25(32)18-8-9-27-22(13-18)11-17-4-6-23-20(10-17)12-21(26)15-28-23;17-13-7-12-5-10(1-2-15(12)19-9-13)6-14-8-11(16(20)21)3-4-18-14;1-7-8(6-10)4-5-9(11-7)12(2)3;1-2/h4-10,12-13,15H,11,14H2,1-3H3,(H,29,32);1-5,7-9H,6H2,(H,20,21);4-5H,6,10H2,1-3H3;1H3/i;;;1D. The van der Waals surface area contributed by atoms with E-state index in [0.29, 0.717) is 47.2 Å². The second-order valence-corrected chi connectivity index (χ2v) is 16.5. The number of carboxylic acids is 1. The first-order valence-electron chi connectivity index (χ1n) is 21.6. The Morgan fingerprint density at radius 3 is 1.58 bits per heavy atom. The van der Waals surface area contributed by atoms with E-state index in [1.807, 2.05) is 125 Å². The van der Waals surface area contributed by atoms with E-state index in [2.05, 4.69) is 41.3 Å². The van der Waals surface area contributed by atoms with Gasteiger partial charge in [-0.05, 0) is 109 Å². The fourth-order valence-corrected chi connectivity index (χ4v) is 7.03. The number of rotatable bonds is 11. The number of hydrogen-bond acceptors (Lipinski definition) is 11. The molecule has 8 rings (SSSR count). The van der Waals surface area contributed by atoms with Crippen molar-refractivity contribution in [1.82, 2.24) is 35.2 Å². The van der Waals surface area contributed by atoms with Gasteiger partial charge in [-0.3, -0.25) is 29.1 Å². The molecule has 8 aromatic rings. The van der Waals surface area contributed by atoms with Crippen LogP contribution >= 0.6 is 23.2 Å². The highest BCUT2D eigenvalue weighted by molar-refractivity contribution is 6.31. The van der Waals surface area contributed by atoms with Crippen molar-refractivity contribution < 1.29 is 20.5 Å². The van der Waals surface area contributed by atoms with Crippen molar-refractivity contribution in [2.45, 2.75) is 39.8 Å². The number of aryl methyl sites for hydroxylation is 2. The molecule has 2 aromatic carbocycles. The average molecular weight is 945 g/mol. The molecule has 0 unspecified atom stereocenters. The van der Waals surface area contributed by atoms with Crippen molar-refractivity contribution >= 4 is 68.5 Å². The number of aromatic carboxylic acids is 1. The van der Waals surface area contributed by atoms with Gasteiger partial charge in [-0.25, -0.2) is 14.8 Å². The van der Waals surface area contributed by atoms with Crippen LogP contribution < -0.4 is 20.9 Å². The molecule has 0 radical (unpaired) electrons. The fourth-order valence-electron chi connectivity index (χ4n) is 6.70. The van der Waals surface area contributed by atoms with Crippen LogP contribution in [-0.4, -0.2) is 82.2 Å². The minimum Gasteiger partial charge on any atom is -0.478 e. The summed E-state index contributed by atoms with van der Waals surface area (Å²) >= 11 is 12.0. The molecule has 0 aliphatic rings. The number of benzene rings is 2. The number of anilines is 2. The van der Waals surface area contributed by atoms with Crippen molar-refractivity contribution in [2.75, 3.05) is 45.1 Å². The lowest BCUT2D eigenvalue weighted by molar-refractivity contribution is 0.0696. The maximum atomic E-state index is 12.7. The Labute approximate surface area is 401 Å². The van der Waals surface area contributed by atoms with Crippen molar-refractivity contribution in [3.05, 3.63) is 188 Å². The van der Waals surface area contributed by atoms with Gasteiger partial charge in [-0.2, -0.15) is 0 Å². The van der Waals surface area contributed by atoms with Crippen LogP contribution in [0.15, 0.2) is 122 Å². The number of nitrogens with one attached hydrogen (secondary N) is 1. The lowest BCUT2D eigenvalue weighted by Gasteiger charge is -2.14. The Balaban J connectivity index is 0.000000205. The third-order valence-electron chi connectivity index (χ3n) is 10.3. The van der Waals surface area contributed by atoms with Crippen LogP contribution in [-0.2, 0) is 25.9 Å². The quantitative estimate of drug-likeness (QED) is 0.112. The summed E-state index contributed by atoms with van der Waals surface area (Å²) < 4.78 is 15.5. The van der Waals surface area contributed by atoms with Crippen LogP contribution in [0, 0.1) is 13.8 Å². The molecule has 6 aromatic heterocycles. The van der Waals surface area contributed by atoms with Crippen molar-refractivity contribution in [1.29, 1.82) is 0 Å². The minimum absolute atomic E-state index is 0.140. The van der Waals surface area contributed by atoms with E-state index in [1.165, 1.54) is 12.3 Å². The molecule has 0 aliphatic heterocycles. The largest absolute Gasteiger partial charge is 0.478 e. The van der Waals surface area contributed by atoms with Gasteiger partial charge < -0.3 is 26.0 Å². The second kappa shape index (κ2) is 24.4. The van der Waals surface area contributed by atoms with Gasteiger partial charge in [0, 0.05) is 118 Å². The molecule has 0 aliphatic carbocycles. The summed E-state index contributed by atoms with van der Waals surface area (Å²) in [7, 11) is 6.86. The van der Waals surface area contributed by atoms with E-state index in [4.69, 9.17) is 35.4 Å². The molecular formula is C51H53Cl2FN10O3. The Morgan fingerprint density at radius 2 is 1.13 bits per heavy atom. The van der Waals surface area contributed by atoms with Gasteiger partial charge in [0.1, 0.15) is 11.6 Å². The summed E-state index contributed by atoms with van der Waals surface area (Å²) in [6.07, 6.45) is 7.60. The van der Waals surface area contributed by atoms with Gasteiger partial charge in [0.2, 0.25) is 0 Å². The molecule has 16 heteroatoms. The van der Waals surface area contributed by atoms with E-state index in [9.17, 15) is 14.0 Å². The number of pyridine rings is 6. The van der Waals surface area contributed by atoms with E-state index < -0.39 is 13.1 Å². The van der Waals surface area contributed by atoms with Gasteiger partial charge in [0.05, 0.1) is 35.2 Å². The first kappa shape index (κ1) is 49.3. The Kier molecular flexibility index (Phi) is 18.0. The number of hydrogen-bond donors (Lipinski definition) is 3. The van der Waals surface area contributed by atoms with Crippen LogP contribution in [0.4, 0.5) is 16.0 Å². The lowest BCUT2D eigenvalue weighted by atomic mass is 10.0. The first-order chi connectivity index (χ1) is 32.6. The van der Waals surface area contributed by atoms with Gasteiger partial charge in [0.15, 0.2) is 0 Å². The summed E-state index contributed by atoms with van der Waals surface area (Å²) in [5.41, 5.74) is 15.8. The third kappa shape index (κ3) is 14.7. The van der Waals surface area contributed by atoms with Crippen LogP contribution in [0.2, 0.25) is 10.0 Å². The number of halogens is 3. The average Bonchev–Trinajstić information content (AvgIpc) is 3.31. The number of aromatic nitrogens is 6. The summed E-state index contributed by atoms with van der Waals surface area (Å²) in [6, 6.07) is 30.2. The molecule has 0 fully saturated rings. The zero-order valence-electron chi connectivity index (χ0n) is 39.1. The van der Waals surface area contributed by atoms with Crippen LogP contribution in [0.1, 0.15) is 67.1 Å². The molecule has 13 nitrogen and oxygen atoms in total. The van der Waals surface area contributed by atoms with Gasteiger partial charge in [-0.15, -0.1) is 0 Å². The number of alkyl halides is 1. The van der Waals surface area contributed by atoms with Gasteiger partial charge >= 0.3 is 5.97 Å². The van der Waals surface area contributed by atoms with E-state index >= 15 is 0 Å². The van der Waals surface area contributed by atoms with Crippen molar-refractivity contribution in [2.24, 2.45) is 5.73 Å². The maximum Gasteiger partial charge on any atom is 0.335 e. The number of nitrogens with zero attached hydrogens (tertiary/aromatic N) is 8. The molecular weight excluding hydrogens is 891 g/mol. The predicted molar refractivity (Wildman–Crippen MR) is 267 cm³/mol. The lowest BCUT2D eigenvalue weighted by Crippen LogP contribution is -2.24. The Bertz CT molecular complexity index is 3000. The zero-order chi connectivity index (χ0) is 49.3. The third-order valence-corrected chi connectivity index (χ3v) is 10.7. The highest BCUT2D eigenvalue weighted by Crippen LogP contribution is 2.22. The van der Waals surface area contributed by atoms with E-state index in [1.54, 1.807) is 30.7 Å². The summed E-state index contributed by atoms with van der Waals surface area (Å²) in [6.45, 7) is 4.91. The van der Waals surface area contributed by atoms with Crippen LogP contribution in [0.5, 0.6) is 0 Å². The molecule has 0 bridgehead atoms. The SMILES string of the molecule is Cc1nc(N(C)C)ccc1CN.Cc1nc(N(C)C)ccc1CNC(=O)c1ccnc(Cc2ccc3ncc(Cl)cc3c2)c1.O=C(O)c1ccnc(Cc2ccc3ncc(Cl)cc3c2)c1.[2H]CF. The van der Waals surface area contributed by atoms with Crippen LogP contribution in [0.25, 0.3) is 21.8 Å². The number of amides is 1. The van der Waals surface area contributed by atoms with Crippen molar-refractivity contribution in [3.63, 3.8) is 0 Å². The molecule has 1 amide bonds. The molecule has 0 atom stereocenters. The van der Waals surface area contributed by atoms with E-state index in [0.717, 1.165) is 72.8 Å². The van der Waals surface area contributed by atoms with Gasteiger partial charge in [0.25, 0.3) is 5.91 Å². The molecule has 346 valence electrons. The number of carbonyl (C=O) groups excluding carboxylic acids is 1. The first-order valence-corrected chi connectivity index (χ1v) is 21.7. The van der Waals surface area contributed by atoms with Gasteiger partial charge in [-0.1, -0.05) is 47.5 Å². The molecule has 0 saturated carbocycles. The number of nitrogens with two attached hydrogens (primary N) is 1. The smallest absolute Gasteiger partial charge is 0.335 e. The highest BCUT2D eigenvalue weighted by atomic mass is 35.5. The number of fused-ring (bicyclic) bond motifs is 2. The van der Waals surface area contributed by atoms with Crippen molar-refractivity contribution in [3.8, 4) is 0 Å². The summed E-state index contributed by atoms with van der Waals surface area (Å²) in [5.74, 6) is 0.778. The predicted octanol–water partition coefficient (Wildman–Crippen LogP) is 9.65. The normalized spacial score (nSPS) is 10.6. The fraction of sp³-hybridized carbons (Fsp3) is 0.216. The summed E-state index contributed by atoms with van der Waals surface area (Å²) in [4.78, 5) is 53.8. The highest BCUT2D eigenvalue weighted by Gasteiger charge is 2.11. The Morgan fingerprint density at radius 1 is 0.672 bits per heavy atom. The second-order valence-electron chi connectivity index (χ2n) is 15.6. The molecule has 0 saturated heterocycles. The number of carboxylic acid groups (broad SMARTS) is 1. The maximum absolute atomic E-state index is 12.7. The topological polar surface area (TPSA) is 176 Å². The zero-order valence-corrected chi connectivity index (χ0v) is 39.6. The molecule has 67 heavy (non-hydrogen) atoms.